The molecule has 1 aromatic heterocycles. The molecule has 96 valence electrons. The SMILES string of the molecule is CNC(C)c1ccn(Cc2cc(F)cc(Br)c2)c1. The first-order valence-corrected chi connectivity index (χ1v) is 6.65. The minimum atomic E-state index is -0.213. The number of hydrogen-bond acceptors (Lipinski definition) is 1. The van der Waals surface area contributed by atoms with Crippen LogP contribution in [0.25, 0.3) is 0 Å². The van der Waals surface area contributed by atoms with Crippen LogP contribution in [0.1, 0.15) is 24.1 Å². The molecule has 1 aromatic carbocycles. The Kier molecular flexibility index (Phi) is 4.19. The first-order valence-electron chi connectivity index (χ1n) is 5.86. The van der Waals surface area contributed by atoms with Gasteiger partial charge in [-0.25, -0.2) is 4.39 Å². The van der Waals surface area contributed by atoms with Crippen molar-refractivity contribution in [2.75, 3.05) is 7.05 Å². The molecule has 0 radical (unpaired) electrons. The maximum atomic E-state index is 13.3. The average Bonchev–Trinajstić information content (AvgIpc) is 2.75. The van der Waals surface area contributed by atoms with E-state index < -0.39 is 0 Å². The molecule has 2 aromatic rings. The van der Waals surface area contributed by atoms with Gasteiger partial charge in [0.15, 0.2) is 0 Å². The Morgan fingerprint density at radius 2 is 2.17 bits per heavy atom. The van der Waals surface area contributed by atoms with Crippen molar-refractivity contribution >= 4 is 15.9 Å². The van der Waals surface area contributed by atoms with Crippen LogP contribution in [0.5, 0.6) is 0 Å². The monoisotopic (exact) mass is 310 g/mol. The molecular formula is C14H16BrFN2. The summed E-state index contributed by atoms with van der Waals surface area (Å²) in [6.45, 7) is 2.78. The number of aromatic nitrogens is 1. The second-order valence-corrected chi connectivity index (χ2v) is 5.32. The first-order chi connectivity index (χ1) is 8.58. The molecule has 0 fully saturated rings. The third-order valence-electron chi connectivity index (χ3n) is 2.99. The molecular weight excluding hydrogens is 295 g/mol. The molecule has 2 rings (SSSR count). The van der Waals surface area contributed by atoms with Gasteiger partial charge in [-0.2, -0.15) is 0 Å². The van der Waals surface area contributed by atoms with E-state index in [4.69, 9.17) is 0 Å². The molecule has 0 spiro atoms. The van der Waals surface area contributed by atoms with Crippen LogP contribution in [-0.4, -0.2) is 11.6 Å². The topological polar surface area (TPSA) is 17.0 Å². The molecule has 0 saturated carbocycles. The largest absolute Gasteiger partial charge is 0.350 e. The zero-order valence-corrected chi connectivity index (χ0v) is 12.0. The van der Waals surface area contributed by atoms with Gasteiger partial charge in [-0.05, 0) is 49.4 Å². The van der Waals surface area contributed by atoms with Crippen LogP contribution in [0.3, 0.4) is 0 Å². The van der Waals surface area contributed by atoms with Crippen molar-refractivity contribution in [3.63, 3.8) is 0 Å². The number of nitrogens with zero attached hydrogens (tertiary/aromatic N) is 1. The first kappa shape index (κ1) is 13.3. The van der Waals surface area contributed by atoms with Gasteiger partial charge in [-0.3, -0.25) is 0 Å². The lowest BCUT2D eigenvalue weighted by molar-refractivity contribution is 0.622. The van der Waals surface area contributed by atoms with E-state index in [-0.39, 0.29) is 5.82 Å². The van der Waals surface area contributed by atoms with Gasteiger partial charge in [-0.1, -0.05) is 15.9 Å². The number of halogens is 2. The zero-order valence-electron chi connectivity index (χ0n) is 10.5. The lowest BCUT2D eigenvalue weighted by atomic mass is 10.2. The average molecular weight is 311 g/mol. The summed E-state index contributed by atoms with van der Waals surface area (Å²) in [5.41, 5.74) is 2.18. The van der Waals surface area contributed by atoms with Crippen LogP contribution in [0.2, 0.25) is 0 Å². The van der Waals surface area contributed by atoms with Gasteiger partial charge in [0.05, 0.1) is 0 Å². The maximum Gasteiger partial charge on any atom is 0.124 e. The van der Waals surface area contributed by atoms with Gasteiger partial charge in [0, 0.05) is 29.5 Å². The zero-order chi connectivity index (χ0) is 13.1. The van der Waals surface area contributed by atoms with Crippen LogP contribution < -0.4 is 5.32 Å². The molecule has 1 heterocycles. The Balaban J connectivity index is 2.16. The minimum absolute atomic E-state index is 0.213. The Labute approximate surface area is 115 Å². The van der Waals surface area contributed by atoms with Crippen molar-refractivity contribution in [1.82, 2.24) is 9.88 Å². The van der Waals surface area contributed by atoms with Crippen LogP contribution in [-0.2, 0) is 6.54 Å². The van der Waals surface area contributed by atoms with E-state index in [9.17, 15) is 4.39 Å². The quantitative estimate of drug-likeness (QED) is 0.910. The Hall–Kier alpha value is -1.13. The van der Waals surface area contributed by atoms with Crippen molar-refractivity contribution in [1.29, 1.82) is 0 Å². The van der Waals surface area contributed by atoms with Crippen LogP contribution in [0.15, 0.2) is 41.1 Å². The lowest BCUT2D eigenvalue weighted by Crippen LogP contribution is -2.11. The molecule has 18 heavy (non-hydrogen) atoms. The number of hydrogen-bond donors (Lipinski definition) is 1. The van der Waals surface area contributed by atoms with Gasteiger partial charge in [-0.15, -0.1) is 0 Å². The van der Waals surface area contributed by atoms with E-state index in [1.165, 1.54) is 11.6 Å². The Bertz CT molecular complexity index is 516. The highest BCUT2D eigenvalue weighted by atomic mass is 79.9. The highest BCUT2D eigenvalue weighted by Crippen LogP contribution is 2.17. The number of nitrogens with one attached hydrogen (secondary N) is 1. The summed E-state index contributed by atoms with van der Waals surface area (Å²) >= 11 is 3.31. The summed E-state index contributed by atoms with van der Waals surface area (Å²) in [7, 11) is 1.94. The number of benzene rings is 1. The number of rotatable bonds is 4. The van der Waals surface area contributed by atoms with Crippen molar-refractivity contribution in [2.24, 2.45) is 0 Å². The van der Waals surface area contributed by atoms with E-state index in [1.54, 1.807) is 6.07 Å². The second-order valence-electron chi connectivity index (χ2n) is 4.41. The van der Waals surface area contributed by atoms with Crippen molar-refractivity contribution in [2.45, 2.75) is 19.5 Å². The standard InChI is InChI=1S/C14H16BrFN2/c1-10(17-2)12-3-4-18(9-12)8-11-5-13(15)7-14(16)6-11/h3-7,9-10,17H,8H2,1-2H3. The molecule has 0 bridgehead atoms. The summed E-state index contributed by atoms with van der Waals surface area (Å²) in [4.78, 5) is 0. The molecule has 0 aliphatic rings. The third-order valence-corrected chi connectivity index (χ3v) is 3.45. The van der Waals surface area contributed by atoms with Crippen LogP contribution >= 0.6 is 15.9 Å². The van der Waals surface area contributed by atoms with Crippen LogP contribution in [0, 0.1) is 5.82 Å². The summed E-state index contributed by atoms with van der Waals surface area (Å²) in [5.74, 6) is -0.213. The van der Waals surface area contributed by atoms with Crippen molar-refractivity contribution in [3.8, 4) is 0 Å². The molecule has 0 saturated heterocycles. The molecule has 1 N–H and O–H groups in total. The third kappa shape index (κ3) is 3.21. The normalized spacial score (nSPS) is 12.7. The highest BCUT2D eigenvalue weighted by Gasteiger charge is 2.05. The molecule has 0 aliphatic carbocycles. The predicted octanol–water partition coefficient (Wildman–Crippen LogP) is 3.72. The fourth-order valence-electron chi connectivity index (χ4n) is 1.89. The van der Waals surface area contributed by atoms with Gasteiger partial charge in [0.2, 0.25) is 0 Å². The molecule has 4 heteroatoms. The van der Waals surface area contributed by atoms with Gasteiger partial charge >= 0.3 is 0 Å². The summed E-state index contributed by atoms with van der Waals surface area (Å²) in [5, 5.41) is 3.20. The molecule has 0 aliphatic heterocycles. The second kappa shape index (κ2) is 5.67. The van der Waals surface area contributed by atoms with Gasteiger partial charge < -0.3 is 9.88 Å². The highest BCUT2D eigenvalue weighted by molar-refractivity contribution is 9.10. The van der Waals surface area contributed by atoms with Crippen LogP contribution in [0.4, 0.5) is 4.39 Å². The molecule has 2 nitrogen and oxygen atoms in total. The maximum absolute atomic E-state index is 13.3. The van der Waals surface area contributed by atoms with E-state index in [1.807, 2.05) is 19.3 Å². The lowest BCUT2D eigenvalue weighted by Gasteiger charge is -2.07. The fourth-order valence-corrected chi connectivity index (χ4v) is 2.41. The van der Waals surface area contributed by atoms with Crippen molar-refractivity contribution < 1.29 is 4.39 Å². The minimum Gasteiger partial charge on any atom is -0.350 e. The van der Waals surface area contributed by atoms with E-state index in [2.05, 4.69) is 45.0 Å². The Morgan fingerprint density at radius 3 is 2.83 bits per heavy atom. The summed E-state index contributed by atoms with van der Waals surface area (Å²) in [6.07, 6.45) is 4.10. The van der Waals surface area contributed by atoms with E-state index >= 15 is 0 Å². The van der Waals surface area contributed by atoms with E-state index in [0.29, 0.717) is 12.6 Å². The summed E-state index contributed by atoms with van der Waals surface area (Å²) in [6, 6.07) is 7.37. The molecule has 1 atom stereocenters. The smallest absolute Gasteiger partial charge is 0.124 e. The van der Waals surface area contributed by atoms with E-state index in [0.717, 1.165) is 10.0 Å². The molecule has 1 unspecified atom stereocenters. The van der Waals surface area contributed by atoms with Gasteiger partial charge in [0.1, 0.15) is 5.82 Å². The molecule has 0 amide bonds. The fraction of sp³-hybridized carbons (Fsp3) is 0.286. The summed E-state index contributed by atoms with van der Waals surface area (Å²) < 4.78 is 16.1. The Morgan fingerprint density at radius 1 is 1.39 bits per heavy atom. The van der Waals surface area contributed by atoms with Crippen molar-refractivity contribution in [3.05, 3.63) is 58.1 Å². The van der Waals surface area contributed by atoms with Gasteiger partial charge in [0.25, 0.3) is 0 Å². The predicted molar refractivity (Wildman–Crippen MR) is 75.1 cm³/mol.